The van der Waals surface area contributed by atoms with Crippen molar-refractivity contribution < 1.29 is 13.2 Å². The van der Waals surface area contributed by atoms with Gasteiger partial charge in [-0.05, 0) is 31.9 Å². The number of nitrogens with one attached hydrogen (secondary N) is 1. The third-order valence-electron chi connectivity index (χ3n) is 2.93. The lowest BCUT2D eigenvalue weighted by Crippen LogP contribution is -2.34. The molecule has 2 rings (SSSR count). The predicted octanol–water partition coefficient (Wildman–Crippen LogP) is 2.12. The summed E-state index contributed by atoms with van der Waals surface area (Å²) in [4.78, 5) is 1.16. The van der Waals surface area contributed by atoms with E-state index in [1.807, 2.05) is 0 Å². The van der Waals surface area contributed by atoms with Gasteiger partial charge < -0.3 is 10.2 Å². The van der Waals surface area contributed by atoms with Gasteiger partial charge in [-0.1, -0.05) is 0 Å². The van der Waals surface area contributed by atoms with Crippen LogP contribution in [0.2, 0.25) is 0 Å². The van der Waals surface area contributed by atoms with E-state index in [0.717, 1.165) is 10.6 Å². The van der Waals surface area contributed by atoms with Gasteiger partial charge >= 0.3 is 6.18 Å². The molecule has 1 fully saturated rings. The van der Waals surface area contributed by atoms with Crippen LogP contribution in [0.3, 0.4) is 0 Å². The van der Waals surface area contributed by atoms with Crippen molar-refractivity contribution in [3.8, 4) is 0 Å². The van der Waals surface area contributed by atoms with Crippen molar-refractivity contribution in [2.75, 3.05) is 18.0 Å². The van der Waals surface area contributed by atoms with Gasteiger partial charge in [0.25, 0.3) is 0 Å². The molecule has 1 aliphatic carbocycles. The maximum absolute atomic E-state index is 12.4. The van der Waals surface area contributed by atoms with E-state index in [9.17, 15) is 13.2 Å². The summed E-state index contributed by atoms with van der Waals surface area (Å²) >= 11 is 0. The monoisotopic (exact) mass is 274 g/mol. The highest BCUT2D eigenvalue weighted by Gasteiger charge is 2.30. The third kappa shape index (κ3) is 4.66. The molecule has 4 nitrogen and oxygen atoms in total. The zero-order chi connectivity index (χ0) is 13.9. The SMILES string of the molecule is CCN(CC(F)(F)F)c1ccc(CNC2CC2)nn1. The maximum Gasteiger partial charge on any atom is 0.405 e. The zero-order valence-electron chi connectivity index (χ0n) is 10.7. The van der Waals surface area contributed by atoms with Crippen LogP contribution in [0.1, 0.15) is 25.5 Å². The molecule has 106 valence electrons. The van der Waals surface area contributed by atoms with E-state index in [1.165, 1.54) is 12.8 Å². The van der Waals surface area contributed by atoms with Crippen molar-refractivity contribution in [2.24, 2.45) is 0 Å². The molecular formula is C12H17F3N4. The molecule has 0 aromatic carbocycles. The second-order valence-corrected chi connectivity index (χ2v) is 4.67. The van der Waals surface area contributed by atoms with Crippen molar-refractivity contribution in [1.82, 2.24) is 15.5 Å². The molecular weight excluding hydrogens is 257 g/mol. The van der Waals surface area contributed by atoms with Crippen molar-refractivity contribution in [1.29, 1.82) is 0 Å². The van der Waals surface area contributed by atoms with Crippen LogP contribution < -0.4 is 10.2 Å². The van der Waals surface area contributed by atoms with Gasteiger partial charge in [-0.15, -0.1) is 5.10 Å². The zero-order valence-corrected chi connectivity index (χ0v) is 10.7. The Hall–Kier alpha value is -1.37. The van der Waals surface area contributed by atoms with Crippen LogP contribution in [-0.2, 0) is 6.54 Å². The summed E-state index contributed by atoms with van der Waals surface area (Å²) in [5.41, 5.74) is 0.749. The van der Waals surface area contributed by atoms with Crippen LogP contribution in [0.25, 0.3) is 0 Å². The topological polar surface area (TPSA) is 41.0 Å². The van der Waals surface area contributed by atoms with Crippen LogP contribution in [0, 0.1) is 0 Å². The molecule has 1 aromatic heterocycles. The Balaban J connectivity index is 1.94. The van der Waals surface area contributed by atoms with Crippen molar-refractivity contribution in [3.05, 3.63) is 17.8 Å². The minimum Gasteiger partial charge on any atom is -0.346 e. The number of alkyl halides is 3. The number of hydrogen-bond acceptors (Lipinski definition) is 4. The molecule has 1 aliphatic rings. The highest BCUT2D eigenvalue weighted by atomic mass is 19.4. The second-order valence-electron chi connectivity index (χ2n) is 4.67. The van der Waals surface area contributed by atoms with Gasteiger partial charge in [0.1, 0.15) is 6.54 Å². The number of rotatable bonds is 6. The molecule has 1 saturated carbocycles. The summed E-state index contributed by atoms with van der Waals surface area (Å²) in [6, 6.07) is 3.88. The van der Waals surface area contributed by atoms with E-state index in [1.54, 1.807) is 19.1 Å². The Labute approximate surface area is 110 Å². The fraction of sp³-hybridized carbons (Fsp3) is 0.667. The largest absolute Gasteiger partial charge is 0.405 e. The molecule has 0 unspecified atom stereocenters. The Morgan fingerprint density at radius 2 is 2.05 bits per heavy atom. The minimum absolute atomic E-state index is 0.244. The van der Waals surface area contributed by atoms with Crippen molar-refractivity contribution in [2.45, 2.75) is 38.5 Å². The van der Waals surface area contributed by atoms with Crippen LogP contribution in [-0.4, -0.2) is 35.5 Å². The third-order valence-corrected chi connectivity index (χ3v) is 2.93. The summed E-state index contributed by atoms with van der Waals surface area (Å²) in [7, 11) is 0. The first-order chi connectivity index (χ1) is 8.98. The smallest absolute Gasteiger partial charge is 0.346 e. The fourth-order valence-corrected chi connectivity index (χ4v) is 1.72. The second kappa shape index (κ2) is 5.73. The normalized spacial score (nSPS) is 15.6. The first kappa shape index (κ1) is 14.0. The molecule has 1 N–H and O–H groups in total. The Kier molecular flexibility index (Phi) is 4.24. The number of aromatic nitrogens is 2. The van der Waals surface area contributed by atoms with E-state index >= 15 is 0 Å². The highest BCUT2D eigenvalue weighted by molar-refractivity contribution is 5.37. The first-order valence-electron chi connectivity index (χ1n) is 6.35. The Morgan fingerprint density at radius 1 is 1.32 bits per heavy atom. The fourth-order valence-electron chi connectivity index (χ4n) is 1.72. The van der Waals surface area contributed by atoms with Gasteiger partial charge in [-0.2, -0.15) is 18.3 Å². The summed E-state index contributed by atoms with van der Waals surface area (Å²) in [5.74, 6) is 0.259. The number of halogens is 3. The Morgan fingerprint density at radius 3 is 2.53 bits per heavy atom. The maximum atomic E-state index is 12.4. The van der Waals surface area contributed by atoms with Crippen LogP contribution in [0.15, 0.2) is 12.1 Å². The van der Waals surface area contributed by atoms with Gasteiger partial charge in [0.05, 0.1) is 5.69 Å². The Bertz CT molecular complexity index is 400. The molecule has 0 atom stereocenters. The van der Waals surface area contributed by atoms with Gasteiger partial charge in [0.15, 0.2) is 5.82 Å². The first-order valence-corrected chi connectivity index (χ1v) is 6.35. The number of anilines is 1. The summed E-state index contributed by atoms with van der Waals surface area (Å²) in [5, 5.41) is 11.1. The number of hydrogen-bond donors (Lipinski definition) is 1. The van der Waals surface area contributed by atoms with Gasteiger partial charge in [-0.3, -0.25) is 0 Å². The minimum atomic E-state index is -4.23. The van der Waals surface area contributed by atoms with Crippen LogP contribution in [0.4, 0.5) is 19.0 Å². The summed E-state index contributed by atoms with van der Waals surface area (Å²) < 4.78 is 37.1. The lowest BCUT2D eigenvalue weighted by Gasteiger charge is -2.22. The molecule has 0 radical (unpaired) electrons. The summed E-state index contributed by atoms with van der Waals surface area (Å²) in [6.45, 7) is 1.52. The average molecular weight is 274 g/mol. The molecule has 7 heteroatoms. The molecule has 0 saturated heterocycles. The summed E-state index contributed by atoms with van der Waals surface area (Å²) in [6.07, 6.45) is -1.87. The van der Waals surface area contributed by atoms with E-state index < -0.39 is 12.7 Å². The van der Waals surface area contributed by atoms with E-state index in [0.29, 0.717) is 12.6 Å². The predicted molar refractivity (Wildman–Crippen MR) is 65.8 cm³/mol. The van der Waals surface area contributed by atoms with Crippen molar-refractivity contribution >= 4 is 5.82 Å². The molecule has 0 spiro atoms. The quantitative estimate of drug-likeness (QED) is 0.862. The molecule has 19 heavy (non-hydrogen) atoms. The van der Waals surface area contributed by atoms with Gasteiger partial charge in [-0.25, -0.2) is 0 Å². The number of nitrogens with zero attached hydrogens (tertiary/aromatic N) is 3. The molecule has 1 heterocycles. The van der Waals surface area contributed by atoms with Crippen LogP contribution in [0.5, 0.6) is 0 Å². The van der Waals surface area contributed by atoms with E-state index in [2.05, 4.69) is 15.5 Å². The van der Waals surface area contributed by atoms with E-state index in [-0.39, 0.29) is 12.4 Å². The van der Waals surface area contributed by atoms with Crippen LogP contribution >= 0.6 is 0 Å². The van der Waals surface area contributed by atoms with Gasteiger partial charge in [0.2, 0.25) is 0 Å². The standard InChI is InChI=1S/C12H17F3N4/c1-2-19(8-12(13,14)15)11-6-5-10(17-18-11)7-16-9-3-4-9/h5-6,9,16H,2-4,7-8H2,1H3. The molecule has 0 bridgehead atoms. The average Bonchev–Trinajstić information content (AvgIpc) is 3.17. The van der Waals surface area contributed by atoms with E-state index in [4.69, 9.17) is 0 Å². The molecule has 0 amide bonds. The molecule has 1 aromatic rings. The molecule has 0 aliphatic heterocycles. The lowest BCUT2D eigenvalue weighted by atomic mass is 10.3. The lowest BCUT2D eigenvalue weighted by molar-refractivity contribution is -0.119. The van der Waals surface area contributed by atoms with Gasteiger partial charge in [0, 0.05) is 19.1 Å². The van der Waals surface area contributed by atoms with Crippen molar-refractivity contribution in [3.63, 3.8) is 0 Å². The highest BCUT2D eigenvalue weighted by Crippen LogP contribution is 2.21.